The first-order valence-corrected chi connectivity index (χ1v) is 5.16. The highest BCUT2D eigenvalue weighted by Gasteiger charge is 2.32. The Kier molecular flexibility index (Phi) is 2.17. The third kappa shape index (κ3) is 1.31. The van der Waals surface area contributed by atoms with Crippen molar-refractivity contribution in [1.82, 2.24) is 4.90 Å². The van der Waals surface area contributed by atoms with Crippen LogP contribution in [0.4, 0.5) is 0 Å². The SMILES string of the molecule is CCC1CCCN2CCCC12. The standard InChI is InChI=1S/C10H19N/c1-2-9-5-3-7-11-8-4-6-10(9)11/h9-10H,2-8H2,1H3. The first-order valence-electron chi connectivity index (χ1n) is 5.16. The summed E-state index contributed by atoms with van der Waals surface area (Å²) in [5, 5.41) is 0. The van der Waals surface area contributed by atoms with Gasteiger partial charge in [-0.3, -0.25) is 0 Å². The maximum Gasteiger partial charge on any atom is 0.0124 e. The number of rotatable bonds is 1. The van der Waals surface area contributed by atoms with Gasteiger partial charge in [-0.25, -0.2) is 0 Å². The maximum absolute atomic E-state index is 2.72. The zero-order valence-corrected chi connectivity index (χ0v) is 7.55. The minimum atomic E-state index is 0.980. The molecule has 2 aliphatic heterocycles. The molecule has 2 saturated heterocycles. The maximum atomic E-state index is 2.72. The fraction of sp³-hybridized carbons (Fsp3) is 1.00. The normalized spacial score (nSPS) is 39.0. The van der Waals surface area contributed by atoms with Gasteiger partial charge in [-0.2, -0.15) is 0 Å². The Balaban J connectivity index is 2.00. The topological polar surface area (TPSA) is 3.24 Å². The second-order valence-corrected chi connectivity index (χ2v) is 4.06. The molecule has 1 nitrogen and oxygen atoms in total. The Morgan fingerprint density at radius 3 is 2.64 bits per heavy atom. The minimum Gasteiger partial charge on any atom is -0.300 e. The molecule has 64 valence electrons. The third-order valence-corrected chi connectivity index (χ3v) is 3.50. The van der Waals surface area contributed by atoms with Crippen LogP contribution in [-0.2, 0) is 0 Å². The van der Waals surface area contributed by atoms with Gasteiger partial charge < -0.3 is 4.90 Å². The van der Waals surface area contributed by atoms with Gasteiger partial charge in [0.25, 0.3) is 0 Å². The molecule has 0 saturated carbocycles. The highest BCUT2D eigenvalue weighted by molar-refractivity contribution is 4.87. The number of nitrogens with zero attached hydrogens (tertiary/aromatic N) is 1. The Bertz CT molecular complexity index is 133. The molecule has 2 heterocycles. The van der Waals surface area contributed by atoms with Gasteiger partial charge in [0.15, 0.2) is 0 Å². The summed E-state index contributed by atoms with van der Waals surface area (Å²) in [6, 6.07) is 0.980. The molecule has 1 heteroatoms. The van der Waals surface area contributed by atoms with Crippen LogP contribution in [0.15, 0.2) is 0 Å². The van der Waals surface area contributed by atoms with E-state index in [1.165, 1.54) is 45.2 Å². The van der Waals surface area contributed by atoms with Gasteiger partial charge in [-0.15, -0.1) is 0 Å². The summed E-state index contributed by atoms with van der Waals surface area (Å²) in [6.07, 6.45) is 7.30. The van der Waals surface area contributed by atoms with Gasteiger partial charge in [-0.05, 0) is 44.7 Å². The summed E-state index contributed by atoms with van der Waals surface area (Å²) in [6.45, 7) is 5.13. The van der Waals surface area contributed by atoms with Gasteiger partial charge in [0.1, 0.15) is 0 Å². The molecule has 0 amide bonds. The average Bonchev–Trinajstić information content (AvgIpc) is 2.50. The van der Waals surface area contributed by atoms with E-state index in [9.17, 15) is 0 Å². The van der Waals surface area contributed by atoms with Crippen molar-refractivity contribution >= 4 is 0 Å². The summed E-state index contributed by atoms with van der Waals surface area (Å²) in [5.74, 6) is 1.03. The number of hydrogen-bond acceptors (Lipinski definition) is 1. The Morgan fingerprint density at radius 1 is 1.18 bits per heavy atom. The molecular formula is C10H19N. The van der Waals surface area contributed by atoms with E-state index in [2.05, 4.69) is 11.8 Å². The molecule has 0 spiro atoms. The summed E-state index contributed by atoms with van der Waals surface area (Å²) >= 11 is 0. The lowest BCUT2D eigenvalue weighted by Gasteiger charge is -2.36. The molecule has 2 rings (SSSR count). The Hall–Kier alpha value is -0.0400. The van der Waals surface area contributed by atoms with Crippen molar-refractivity contribution in [3.05, 3.63) is 0 Å². The molecule has 11 heavy (non-hydrogen) atoms. The molecule has 0 radical (unpaired) electrons. The largest absolute Gasteiger partial charge is 0.300 e. The van der Waals surface area contributed by atoms with Crippen molar-refractivity contribution in [2.45, 2.75) is 45.1 Å². The third-order valence-electron chi connectivity index (χ3n) is 3.50. The molecule has 0 aromatic rings. The van der Waals surface area contributed by atoms with Crippen molar-refractivity contribution in [3.63, 3.8) is 0 Å². The fourth-order valence-corrected chi connectivity index (χ4v) is 2.89. The molecule has 0 aromatic carbocycles. The summed E-state index contributed by atoms with van der Waals surface area (Å²) < 4.78 is 0. The number of piperidine rings is 1. The predicted molar refractivity (Wildman–Crippen MR) is 47.6 cm³/mol. The smallest absolute Gasteiger partial charge is 0.0124 e. The van der Waals surface area contributed by atoms with Crippen molar-refractivity contribution in [1.29, 1.82) is 0 Å². The van der Waals surface area contributed by atoms with Crippen molar-refractivity contribution < 1.29 is 0 Å². The van der Waals surface area contributed by atoms with E-state index in [0.29, 0.717) is 0 Å². The summed E-state index contributed by atoms with van der Waals surface area (Å²) in [5.41, 5.74) is 0. The van der Waals surface area contributed by atoms with Crippen LogP contribution >= 0.6 is 0 Å². The molecule has 0 bridgehead atoms. The Morgan fingerprint density at radius 2 is 1.91 bits per heavy atom. The van der Waals surface area contributed by atoms with E-state index in [4.69, 9.17) is 0 Å². The molecule has 2 atom stereocenters. The minimum absolute atomic E-state index is 0.980. The first kappa shape index (κ1) is 7.60. The molecule has 0 aromatic heterocycles. The predicted octanol–water partition coefficient (Wildman–Crippen LogP) is 2.27. The lowest BCUT2D eigenvalue weighted by Crippen LogP contribution is -2.40. The fourth-order valence-electron chi connectivity index (χ4n) is 2.89. The number of fused-ring (bicyclic) bond motifs is 1. The lowest BCUT2D eigenvalue weighted by atomic mass is 9.87. The van der Waals surface area contributed by atoms with Crippen LogP contribution < -0.4 is 0 Å². The van der Waals surface area contributed by atoms with E-state index < -0.39 is 0 Å². The van der Waals surface area contributed by atoms with Gasteiger partial charge in [0.2, 0.25) is 0 Å². The lowest BCUT2D eigenvalue weighted by molar-refractivity contribution is 0.131. The van der Waals surface area contributed by atoms with E-state index in [-0.39, 0.29) is 0 Å². The van der Waals surface area contributed by atoms with Gasteiger partial charge in [-0.1, -0.05) is 13.3 Å². The molecule has 2 fully saturated rings. The zero-order chi connectivity index (χ0) is 7.68. The molecule has 0 N–H and O–H groups in total. The van der Waals surface area contributed by atoms with Crippen LogP contribution in [0.1, 0.15) is 39.0 Å². The monoisotopic (exact) mass is 153 g/mol. The van der Waals surface area contributed by atoms with Gasteiger partial charge in [0, 0.05) is 6.04 Å². The molecule has 2 unspecified atom stereocenters. The molecule has 0 aliphatic carbocycles. The van der Waals surface area contributed by atoms with Crippen molar-refractivity contribution in [2.24, 2.45) is 5.92 Å². The summed E-state index contributed by atoms with van der Waals surface area (Å²) in [4.78, 5) is 2.72. The summed E-state index contributed by atoms with van der Waals surface area (Å²) in [7, 11) is 0. The van der Waals surface area contributed by atoms with E-state index >= 15 is 0 Å². The molecular weight excluding hydrogens is 134 g/mol. The van der Waals surface area contributed by atoms with Crippen LogP contribution in [0.3, 0.4) is 0 Å². The van der Waals surface area contributed by atoms with Crippen molar-refractivity contribution in [2.75, 3.05) is 13.1 Å². The van der Waals surface area contributed by atoms with Crippen molar-refractivity contribution in [3.8, 4) is 0 Å². The number of hydrogen-bond donors (Lipinski definition) is 0. The van der Waals surface area contributed by atoms with Crippen LogP contribution in [0.25, 0.3) is 0 Å². The van der Waals surface area contributed by atoms with Crippen LogP contribution in [0, 0.1) is 5.92 Å². The highest BCUT2D eigenvalue weighted by Crippen LogP contribution is 2.32. The van der Waals surface area contributed by atoms with E-state index in [1.807, 2.05) is 0 Å². The van der Waals surface area contributed by atoms with Crippen LogP contribution in [0.2, 0.25) is 0 Å². The van der Waals surface area contributed by atoms with Gasteiger partial charge in [0.05, 0.1) is 0 Å². The van der Waals surface area contributed by atoms with E-state index in [0.717, 1.165) is 12.0 Å². The van der Waals surface area contributed by atoms with Crippen LogP contribution in [-0.4, -0.2) is 24.0 Å². The van der Waals surface area contributed by atoms with Crippen LogP contribution in [0.5, 0.6) is 0 Å². The molecule has 2 aliphatic rings. The zero-order valence-electron chi connectivity index (χ0n) is 7.55. The highest BCUT2D eigenvalue weighted by atomic mass is 15.2. The quantitative estimate of drug-likeness (QED) is 0.558. The Labute approximate surface area is 69.8 Å². The first-order chi connectivity index (χ1) is 5.42. The second kappa shape index (κ2) is 3.14. The average molecular weight is 153 g/mol. The van der Waals surface area contributed by atoms with E-state index in [1.54, 1.807) is 0 Å². The van der Waals surface area contributed by atoms with Gasteiger partial charge >= 0.3 is 0 Å². The second-order valence-electron chi connectivity index (χ2n) is 4.06.